The zero-order valence-corrected chi connectivity index (χ0v) is 10.8. The van der Waals surface area contributed by atoms with Crippen LogP contribution in [0.4, 0.5) is 11.5 Å². The van der Waals surface area contributed by atoms with Gasteiger partial charge in [0, 0.05) is 12.2 Å². The third kappa shape index (κ3) is 3.19. The summed E-state index contributed by atoms with van der Waals surface area (Å²) < 4.78 is 0. The van der Waals surface area contributed by atoms with Gasteiger partial charge in [-0.05, 0) is 24.8 Å². The minimum Gasteiger partial charge on any atom is -0.362 e. The predicted octanol–water partition coefficient (Wildman–Crippen LogP) is 2.85. The summed E-state index contributed by atoms with van der Waals surface area (Å²) in [5.41, 5.74) is -0.178. The molecule has 0 amide bonds. The Labute approximate surface area is 111 Å². The summed E-state index contributed by atoms with van der Waals surface area (Å²) in [4.78, 5) is 14.6. The molecule has 1 aromatic rings. The van der Waals surface area contributed by atoms with Crippen molar-refractivity contribution in [2.75, 3.05) is 5.32 Å². The Bertz CT molecular complexity index is 520. The molecule has 1 saturated carbocycles. The van der Waals surface area contributed by atoms with Crippen molar-refractivity contribution in [2.45, 2.75) is 38.6 Å². The Morgan fingerprint density at radius 3 is 2.95 bits per heavy atom. The van der Waals surface area contributed by atoms with E-state index in [-0.39, 0.29) is 23.1 Å². The Morgan fingerprint density at radius 1 is 1.68 bits per heavy atom. The van der Waals surface area contributed by atoms with Gasteiger partial charge < -0.3 is 5.32 Å². The van der Waals surface area contributed by atoms with Crippen LogP contribution >= 0.6 is 0 Å². The molecule has 100 valence electrons. The monoisotopic (exact) mass is 260 g/mol. The average Bonchev–Trinajstić information content (AvgIpc) is 3.21. The van der Waals surface area contributed by atoms with E-state index in [0.29, 0.717) is 0 Å². The van der Waals surface area contributed by atoms with Crippen molar-refractivity contribution >= 4 is 11.5 Å². The molecule has 1 aliphatic rings. The average molecular weight is 260 g/mol. The zero-order valence-electron chi connectivity index (χ0n) is 10.8. The minimum absolute atomic E-state index is 0.0452. The molecule has 19 heavy (non-hydrogen) atoms. The molecular weight excluding hydrogens is 244 g/mol. The third-order valence-electron chi connectivity index (χ3n) is 3.38. The standard InChI is InChI=1S/C13H16N4O2/c1-2-11(7-9-3-4-9)16-13-12(17(18)19)10(8-14)5-6-15-13/h5-6,9,11H,2-4,7H2,1H3,(H,15,16). The van der Waals surface area contributed by atoms with Gasteiger partial charge in [-0.3, -0.25) is 10.1 Å². The van der Waals surface area contributed by atoms with Crippen LogP contribution in [-0.4, -0.2) is 15.9 Å². The lowest BCUT2D eigenvalue weighted by Gasteiger charge is -2.17. The number of hydrogen-bond acceptors (Lipinski definition) is 5. The van der Waals surface area contributed by atoms with Gasteiger partial charge in [0.2, 0.25) is 5.82 Å². The highest BCUT2D eigenvalue weighted by Gasteiger charge is 2.27. The SMILES string of the molecule is CCC(CC1CC1)Nc1nccc(C#N)c1[N+](=O)[O-]. The summed E-state index contributed by atoms with van der Waals surface area (Å²) in [5, 5.41) is 23.1. The van der Waals surface area contributed by atoms with E-state index in [1.54, 1.807) is 0 Å². The molecule has 6 nitrogen and oxygen atoms in total. The lowest BCUT2D eigenvalue weighted by atomic mass is 10.1. The smallest absolute Gasteiger partial charge is 0.328 e. The molecule has 0 saturated heterocycles. The number of nitrogens with zero attached hydrogens (tertiary/aromatic N) is 3. The largest absolute Gasteiger partial charge is 0.362 e. The normalized spacial score (nSPS) is 15.6. The van der Waals surface area contributed by atoms with E-state index in [1.165, 1.54) is 25.1 Å². The van der Waals surface area contributed by atoms with E-state index in [4.69, 9.17) is 5.26 Å². The maximum Gasteiger partial charge on any atom is 0.328 e. The van der Waals surface area contributed by atoms with Crippen LogP contribution in [-0.2, 0) is 0 Å². The van der Waals surface area contributed by atoms with Crippen LogP contribution in [0, 0.1) is 27.4 Å². The maximum atomic E-state index is 11.1. The fourth-order valence-electron chi connectivity index (χ4n) is 2.11. The summed E-state index contributed by atoms with van der Waals surface area (Å²) >= 11 is 0. The molecule has 1 heterocycles. The Hall–Kier alpha value is -2.16. The van der Waals surface area contributed by atoms with Crippen LogP contribution in [0.1, 0.15) is 38.2 Å². The van der Waals surface area contributed by atoms with Crippen LogP contribution in [0.5, 0.6) is 0 Å². The molecule has 1 unspecified atom stereocenters. The molecule has 0 radical (unpaired) electrons. The van der Waals surface area contributed by atoms with E-state index in [2.05, 4.69) is 10.3 Å². The zero-order chi connectivity index (χ0) is 13.8. The first kappa shape index (κ1) is 13.3. The van der Waals surface area contributed by atoms with Gasteiger partial charge in [0.25, 0.3) is 0 Å². The van der Waals surface area contributed by atoms with Gasteiger partial charge in [0.15, 0.2) is 0 Å². The number of nitriles is 1. The predicted molar refractivity (Wildman–Crippen MR) is 70.6 cm³/mol. The minimum atomic E-state index is -0.544. The first-order chi connectivity index (χ1) is 9.15. The van der Waals surface area contributed by atoms with Gasteiger partial charge in [-0.15, -0.1) is 0 Å². The van der Waals surface area contributed by atoms with Gasteiger partial charge in [-0.1, -0.05) is 19.8 Å². The second kappa shape index (κ2) is 5.65. The molecule has 0 aromatic carbocycles. The van der Waals surface area contributed by atoms with E-state index < -0.39 is 4.92 Å². The summed E-state index contributed by atoms with van der Waals surface area (Å²) in [6.45, 7) is 2.04. The van der Waals surface area contributed by atoms with Gasteiger partial charge in [0.05, 0.1) is 4.92 Å². The second-order valence-corrected chi connectivity index (χ2v) is 4.85. The van der Waals surface area contributed by atoms with Crippen LogP contribution in [0.15, 0.2) is 12.3 Å². The number of aromatic nitrogens is 1. The third-order valence-corrected chi connectivity index (χ3v) is 3.38. The lowest BCUT2D eigenvalue weighted by molar-refractivity contribution is -0.384. The van der Waals surface area contributed by atoms with Crippen molar-refractivity contribution in [2.24, 2.45) is 5.92 Å². The van der Waals surface area contributed by atoms with Crippen LogP contribution in [0.25, 0.3) is 0 Å². The highest BCUT2D eigenvalue weighted by molar-refractivity contribution is 5.64. The topological polar surface area (TPSA) is 91.8 Å². The van der Waals surface area contributed by atoms with E-state index in [0.717, 1.165) is 18.8 Å². The number of nitro groups is 1. The van der Waals surface area contributed by atoms with Crippen LogP contribution < -0.4 is 5.32 Å². The lowest BCUT2D eigenvalue weighted by Crippen LogP contribution is -2.20. The van der Waals surface area contributed by atoms with Crippen molar-refractivity contribution in [3.05, 3.63) is 27.9 Å². The van der Waals surface area contributed by atoms with Crippen molar-refractivity contribution in [1.82, 2.24) is 4.98 Å². The Morgan fingerprint density at radius 2 is 2.42 bits per heavy atom. The molecule has 2 rings (SSSR count). The molecule has 0 spiro atoms. The van der Waals surface area contributed by atoms with Crippen molar-refractivity contribution in [1.29, 1.82) is 5.26 Å². The van der Waals surface area contributed by atoms with Gasteiger partial charge >= 0.3 is 5.69 Å². The van der Waals surface area contributed by atoms with E-state index in [9.17, 15) is 10.1 Å². The van der Waals surface area contributed by atoms with E-state index >= 15 is 0 Å². The summed E-state index contributed by atoms with van der Waals surface area (Å²) in [6.07, 6.45) is 5.80. The molecule has 1 aliphatic carbocycles. The Kier molecular flexibility index (Phi) is 3.95. The number of pyridine rings is 1. The second-order valence-electron chi connectivity index (χ2n) is 4.85. The van der Waals surface area contributed by atoms with Crippen molar-refractivity contribution in [3.8, 4) is 6.07 Å². The first-order valence-corrected chi connectivity index (χ1v) is 6.45. The fraction of sp³-hybridized carbons (Fsp3) is 0.538. The number of rotatable bonds is 6. The number of anilines is 1. The molecule has 6 heteroatoms. The Balaban J connectivity index is 2.22. The molecule has 1 atom stereocenters. The molecule has 1 N–H and O–H groups in total. The van der Waals surface area contributed by atoms with Crippen LogP contribution in [0.3, 0.4) is 0 Å². The summed E-state index contributed by atoms with van der Waals surface area (Å²) in [6, 6.07) is 3.38. The summed E-state index contributed by atoms with van der Waals surface area (Å²) in [5.74, 6) is 0.937. The molecule has 0 aliphatic heterocycles. The van der Waals surface area contributed by atoms with Gasteiger partial charge in [-0.25, -0.2) is 4.98 Å². The van der Waals surface area contributed by atoms with Crippen LogP contribution in [0.2, 0.25) is 0 Å². The molecule has 1 fully saturated rings. The van der Waals surface area contributed by atoms with Crippen molar-refractivity contribution < 1.29 is 4.92 Å². The number of nitrogens with one attached hydrogen (secondary N) is 1. The fourth-order valence-corrected chi connectivity index (χ4v) is 2.11. The first-order valence-electron chi connectivity index (χ1n) is 6.45. The molecular formula is C13H16N4O2. The molecule has 1 aromatic heterocycles. The van der Waals surface area contributed by atoms with Crippen molar-refractivity contribution in [3.63, 3.8) is 0 Å². The highest BCUT2D eigenvalue weighted by atomic mass is 16.6. The summed E-state index contributed by atoms with van der Waals surface area (Å²) in [7, 11) is 0. The quantitative estimate of drug-likeness (QED) is 0.627. The highest BCUT2D eigenvalue weighted by Crippen LogP contribution is 2.35. The van der Waals surface area contributed by atoms with Gasteiger partial charge in [0.1, 0.15) is 11.6 Å². The van der Waals surface area contributed by atoms with E-state index in [1.807, 2.05) is 13.0 Å². The molecule has 0 bridgehead atoms. The maximum absolute atomic E-state index is 11.1. The number of hydrogen-bond donors (Lipinski definition) is 1. The van der Waals surface area contributed by atoms with Gasteiger partial charge in [-0.2, -0.15) is 5.26 Å².